The van der Waals surface area contributed by atoms with Gasteiger partial charge in [0.25, 0.3) is 5.91 Å². The fraction of sp³-hybridized carbons (Fsp3) is 0.300. The maximum atomic E-state index is 13.4. The second kappa shape index (κ2) is 8.61. The number of hydrogen-bond donors (Lipinski definition) is 2. The summed E-state index contributed by atoms with van der Waals surface area (Å²) in [7, 11) is -3.00. The van der Waals surface area contributed by atoms with Crippen molar-refractivity contribution in [2.75, 3.05) is 18.9 Å². The Bertz CT molecular complexity index is 1050. The predicted octanol–water partition coefficient (Wildman–Crippen LogP) is 2.84. The summed E-state index contributed by atoms with van der Waals surface area (Å²) in [4.78, 5) is 20.2. The molecule has 1 amide bonds. The molecule has 3 heterocycles. The minimum Gasteiger partial charge on any atom is -0.476 e. The number of aromatic nitrogens is 4. The van der Waals surface area contributed by atoms with Crippen molar-refractivity contribution in [3.63, 3.8) is 0 Å². The summed E-state index contributed by atoms with van der Waals surface area (Å²) in [5.41, 5.74) is 0.939. The van der Waals surface area contributed by atoms with Crippen LogP contribution in [0.1, 0.15) is 17.3 Å². The van der Waals surface area contributed by atoms with Crippen molar-refractivity contribution in [3.8, 4) is 11.6 Å². The Hall–Kier alpha value is -3.02. The number of para-hydroxylation sites is 1. The Morgan fingerprint density at radius 3 is 2.68 bits per heavy atom. The monoisotopic (exact) mass is 447 g/mol. The van der Waals surface area contributed by atoms with E-state index in [1.807, 2.05) is 0 Å². The van der Waals surface area contributed by atoms with E-state index in [-0.39, 0.29) is 30.7 Å². The molecule has 0 bridgehead atoms. The lowest BCUT2D eigenvalue weighted by atomic mass is 10.1. The summed E-state index contributed by atoms with van der Waals surface area (Å²) in [5, 5.41) is 7.50. The lowest BCUT2D eigenvalue weighted by Crippen LogP contribution is -2.54. The number of carbonyl (C=O) groups excluding carboxylic acids is 1. The quantitative estimate of drug-likeness (QED) is 0.618. The van der Waals surface area contributed by atoms with Gasteiger partial charge in [-0.15, -0.1) is 0 Å². The fourth-order valence-electron chi connectivity index (χ4n) is 3.49. The molecule has 2 N–H and O–H groups in total. The molecule has 0 unspecified atom stereocenters. The zero-order valence-corrected chi connectivity index (χ0v) is 17.5. The van der Waals surface area contributed by atoms with Gasteiger partial charge in [-0.3, -0.25) is 13.9 Å². The normalized spacial score (nSPS) is 21.5. The number of halogens is 1. The number of carbonyl (C=O) groups is 1. The highest BCUT2D eigenvalue weighted by Crippen LogP contribution is 2.49. The van der Waals surface area contributed by atoms with Crippen LogP contribution in [-0.4, -0.2) is 70.1 Å². The second-order valence-corrected chi connectivity index (χ2v) is 9.71. The third-order valence-electron chi connectivity index (χ3n) is 5.10. The summed E-state index contributed by atoms with van der Waals surface area (Å²) in [6, 6.07) is 9.16. The first-order chi connectivity index (χ1) is 14.8. The molecule has 9 nitrogen and oxygen atoms in total. The van der Waals surface area contributed by atoms with Crippen molar-refractivity contribution in [2.45, 2.75) is 18.2 Å². The molecule has 2 atom stereocenters. The van der Waals surface area contributed by atoms with Crippen molar-refractivity contribution < 1.29 is 23.0 Å². The van der Waals surface area contributed by atoms with Crippen molar-refractivity contribution in [1.29, 1.82) is 0 Å². The summed E-state index contributed by atoms with van der Waals surface area (Å²) < 4.78 is 39.8. The molecule has 1 aliphatic heterocycles. The van der Waals surface area contributed by atoms with Crippen LogP contribution in [0.2, 0.25) is 0 Å². The van der Waals surface area contributed by atoms with E-state index in [2.05, 4.69) is 15.2 Å². The van der Waals surface area contributed by atoms with Crippen LogP contribution in [0.3, 0.4) is 0 Å². The van der Waals surface area contributed by atoms with Gasteiger partial charge in [-0.25, -0.2) is 9.37 Å². The average molecular weight is 447 g/mol. The smallest absolute Gasteiger partial charge is 0.256 e. The Kier molecular flexibility index (Phi) is 5.90. The Morgan fingerprint density at radius 2 is 1.97 bits per heavy atom. The van der Waals surface area contributed by atoms with Gasteiger partial charge in [-0.1, -0.05) is 12.1 Å². The van der Waals surface area contributed by atoms with Crippen molar-refractivity contribution in [1.82, 2.24) is 24.9 Å². The van der Waals surface area contributed by atoms with Gasteiger partial charge in [0.1, 0.15) is 17.7 Å². The molecule has 0 radical (unpaired) electrons. The second-order valence-electron chi connectivity index (χ2n) is 7.27. The van der Waals surface area contributed by atoms with Crippen LogP contribution in [0, 0.1) is 5.82 Å². The van der Waals surface area contributed by atoms with Gasteiger partial charge in [0, 0.05) is 18.7 Å². The number of nitrogens with zero attached hydrogens (tertiary/aromatic N) is 5. The zero-order chi connectivity index (χ0) is 22.0. The van der Waals surface area contributed by atoms with Gasteiger partial charge >= 0.3 is 0 Å². The Morgan fingerprint density at radius 1 is 1.23 bits per heavy atom. The van der Waals surface area contributed by atoms with Gasteiger partial charge in [-0.2, -0.15) is 25.6 Å². The number of amides is 1. The van der Waals surface area contributed by atoms with Crippen LogP contribution in [0.15, 0.2) is 55.0 Å². The van der Waals surface area contributed by atoms with E-state index in [0.29, 0.717) is 11.3 Å². The molecule has 0 aliphatic carbocycles. The standard InChI is InChI=1S/C20H22FN5O4S/c1-14-13-31(28,29)16(12-30-19-7-6-15(21)10-22-19)11-25(14)20(27)17-4-2-3-5-18(17)26-23-8-9-24-26/h2-10,14,16,28-29H,11-13H2,1H3/t14-,16-/m1/s1. The molecule has 3 aromatic rings. The molecular formula is C20H22FN5O4S. The van der Waals surface area contributed by atoms with Gasteiger partial charge in [-0.05, 0) is 25.1 Å². The molecule has 4 rings (SSSR count). The van der Waals surface area contributed by atoms with E-state index in [4.69, 9.17) is 4.74 Å². The van der Waals surface area contributed by atoms with Crippen molar-refractivity contribution in [2.24, 2.45) is 0 Å². The van der Waals surface area contributed by atoms with Crippen LogP contribution in [0.25, 0.3) is 5.69 Å². The lowest BCUT2D eigenvalue weighted by molar-refractivity contribution is 0.0679. The average Bonchev–Trinajstić information content (AvgIpc) is 3.28. The zero-order valence-electron chi connectivity index (χ0n) is 16.7. The van der Waals surface area contributed by atoms with Gasteiger partial charge in [0.05, 0.1) is 35.6 Å². The van der Waals surface area contributed by atoms with Gasteiger partial charge in [0.15, 0.2) is 0 Å². The van der Waals surface area contributed by atoms with E-state index in [1.54, 1.807) is 36.1 Å². The minimum atomic E-state index is -3.00. The van der Waals surface area contributed by atoms with Crippen LogP contribution in [-0.2, 0) is 0 Å². The van der Waals surface area contributed by atoms with Crippen LogP contribution in [0.5, 0.6) is 5.88 Å². The summed E-state index contributed by atoms with van der Waals surface area (Å²) in [6.45, 7) is 1.80. The largest absolute Gasteiger partial charge is 0.476 e. The first-order valence-corrected chi connectivity index (χ1v) is 11.4. The summed E-state index contributed by atoms with van der Waals surface area (Å²) in [6.07, 6.45) is 4.07. The molecule has 1 aromatic carbocycles. The minimum absolute atomic E-state index is 0.0335. The lowest BCUT2D eigenvalue weighted by Gasteiger charge is -2.50. The molecule has 164 valence electrons. The highest BCUT2D eigenvalue weighted by Gasteiger charge is 2.40. The van der Waals surface area contributed by atoms with Crippen LogP contribution in [0.4, 0.5) is 4.39 Å². The van der Waals surface area contributed by atoms with Crippen molar-refractivity contribution in [3.05, 3.63) is 66.4 Å². The number of pyridine rings is 1. The van der Waals surface area contributed by atoms with Gasteiger partial charge < -0.3 is 9.64 Å². The summed E-state index contributed by atoms with van der Waals surface area (Å²) >= 11 is 0. The fourth-order valence-corrected chi connectivity index (χ4v) is 5.34. The summed E-state index contributed by atoms with van der Waals surface area (Å²) in [5.74, 6) is -0.556. The van der Waals surface area contributed by atoms with Crippen LogP contribution >= 0.6 is 10.6 Å². The highest BCUT2D eigenvalue weighted by atomic mass is 32.3. The van der Waals surface area contributed by atoms with E-state index >= 15 is 0 Å². The topological polar surface area (TPSA) is 114 Å². The molecular weight excluding hydrogens is 425 g/mol. The highest BCUT2D eigenvalue weighted by molar-refractivity contribution is 8.25. The van der Waals surface area contributed by atoms with Gasteiger partial charge in [0.2, 0.25) is 5.88 Å². The van der Waals surface area contributed by atoms with E-state index in [1.165, 1.54) is 29.3 Å². The SMILES string of the molecule is C[C@@H]1CS(O)(O)[C@@H](COc2ccc(F)cn2)CN1C(=O)c1ccccc1-n1nccn1. The molecule has 0 spiro atoms. The number of rotatable bonds is 5. The molecule has 1 fully saturated rings. The van der Waals surface area contributed by atoms with E-state index in [9.17, 15) is 18.3 Å². The Labute approximate surface area is 179 Å². The Balaban J connectivity index is 1.54. The molecule has 11 heteroatoms. The maximum Gasteiger partial charge on any atom is 0.256 e. The molecule has 1 saturated heterocycles. The van der Waals surface area contributed by atoms with Crippen LogP contribution < -0.4 is 4.74 Å². The van der Waals surface area contributed by atoms with E-state index < -0.39 is 27.7 Å². The molecule has 31 heavy (non-hydrogen) atoms. The molecule has 2 aromatic heterocycles. The number of hydrogen-bond acceptors (Lipinski definition) is 7. The first-order valence-electron chi connectivity index (χ1n) is 9.61. The molecule has 1 aliphatic rings. The first kappa shape index (κ1) is 21.2. The number of ether oxygens (including phenoxy) is 1. The van der Waals surface area contributed by atoms with Crippen molar-refractivity contribution >= 4 is 16.5 Å². The number of benzene rings is 1. The maximum absolute atomic E-state index is 13.4. The third-order valence-corrected chi connectivity index (χ3v) is 7.43. The third kappa shape index (κ3) is 4.53. The predicted molar refractivity (Wildman–Crippen MR) is 113 cm³/mol. The van der Waals surface area contributed by atoms with E-state index in [0.717, 1.165) is 6.20 Å². The molecule has 0 saturated carbocycles.